The molecule has 0 heterocycles. The maximum Gasteiger partial charge on any atom is 0.269 e. The van der Waals surface area contributed by atoms with Gasteiger partial charge < -0.3 is 0 Å². The molecule has 0 radical (unpaired) electrons. The Morgan fingerprint density at radius 3 is 1.91 bits per heavy atom. The molecule has 2 aromatic carbocycles. The highest BCUT2D eigenvalue weighted by Gasteiger charge is 2.01. The van der Waals surface area contributed by atoms with E-state index < -0.39 is 9.85 Å². The highest BCUT2D eigenvalue weighted by molar-refractivity contribution is 5.49. The summed E-state index contributed by atoms with van der Waals surface area (Å²) in [6.45, 7) is 3.54. The minimum Gasteiger partial charge on any atom is -0.259 e. The molecular formula is C16H14N2O4. The molecule has 0 unspecified atom stereocenters. The maximum absolute atomic E-state index is 10.2. The Morgan fingerprint density at radius 2 is 1.45 bits per heavy atom. The van der Waals surface area contributed by atoms with E-state index in [1.807, 2.05) is 18.2 Å². The molecule has 0 saturated heterocycles. The number of benzene rings is 2. The first-order valence-corrected chi connectivity index (χ1v) is 6.26. The van der Waals surface area contributed by atoms with Crippen molar-refractivity contribution >= 4 is 17.8 Å². The average molecular weight is 298 g/mol. The van der Waals surface area contributed by atoms with Gasteiger partial charge in [-0.05, 0) is 23.3 Å². The molecule has 2 rings (SSSR count). The summed E-state index contributed by atoms with van der Waals surface area (Å²) >= 11 is 0. The minimum atomic E-state index is -0.479. The second-order valence-electron chi connectivity index (χ2n) is 4.06. The Balaban J connectivity index is 0.000000220. The zero-order chi connectivity index (χ0) is 16.4. The zero-order valence-corrected chi connectivity index (χ0v) is 11.7. The molecule has 0 fully saturated rings. The lowest BCUT2D eigenvalue weighted by Gasteiger charge is -1.91. The van der Waals surface area contributed by atoms with Crippen molar-refractivity contribution in [1.82, 2.24) is 0 Å². The average Bonchev–Trinajstić information content (AvgIpc) is 2.54. The zero-order valence-electron chi connectivity index (χ0n) is 11.7. The molecule has 2 aromatic rings. The predicted molar refractivity (Wildman–Crippen MR) is 85.7 cm³/mol. The first kappa shape index (κ1) is 16.8. The van der Waals surface area contributed by atoms with Crippen LogP contribution in [-0.2, 0) is 0 Å². The van der Waals surface area contributed by atoms with Crippen LogP contribution in [0.3, 0.4) is 0 Å². The normalized spacial score (nSPS) is 9.64. The van der Waals surface area contributed by atoms with Crippen LogP contribution in [-0.4, -0.2) is 9.85 Å². The third-order valence-corrected chi connectivity index (χ3v) is 2.53. The van der Waals surface area contributed by atoms with Crippen molar-refractivity contribution in [2.45, 2.75) is 0 Å². The molecule has 0 aliphatic rings. The van der Waals surface area contributed by atoms with Crippen LogP contribution in [0.2, 0.25) is 0 Å². The third kappa shape index (κ3) is 6.25. The molecule has 112 valence electrons. The molecule has 0 N–H and O–H groups in total. The Kier molecular flexibility index (Phi) is 6.71. The standard InChI is InChI=1S/2C8H7NO2/c1-2-7-3-5-8(6-4-7)9(10)11;10-9(11)7-6-8-4-2-1-3-5-8/h2-6H,1H2;1-7H. The van der Waals surface area contributed by atoms with E-state index in [4.69, 9.17) is 0 Å². The molecule has 0 saturated carbocycles. The quantitative estimate of drug-likeness (QED) is 0.626. The van der Waals surface area contributed by atoms with Gasteiger partial charge in [-0.15, -0.1) is 0 Å². The fraction of sp³-hybridized carbons (Fsp3) is 0. The van der Waals surface area contributed by atoms with Crippen LogP contribution in [0.25, 0.3) is 12.2 Å². The molecule has 0 atom stereocenters. The van der Waals surface area contributed by atoms with Crippen molar-refractivity contribution in [2.24, 2.45) is 0 Å². The summed E-state index contributed by atoms with van der Waals surface area (Å²) in [6.07, 6.45) is 4.03. The topological polar surface area (TPSA) is 86.3 Å². The van der Waals surface area contributed by atoms with Crippen LogP contribution >= 0.6 is 0 Å². The number of rotatable bonds is 4. The van der Waals surface area contributed by atoms with Gasteiger partial charge in [0, 0.05) is 18.2 Å². The number of nitrogens with zero attached hydrogens (tertiary/aromatic N) is 2. The van der Waals surface area contributed by atoms with Gasteiger partial charge in [0.05, 0.1) is 9.85 Å². The van der Waals surface area contributed by atoms with Crippen LogP contribution < -0.4 is 0 Å². The second-order valence-corrected chi connectivity index (χ2v) is 4.06. The number of hydrogen-bond acceptors (Lipinski definition) is 4. The fourth-order valence-corrected chi connectivity index (χ4v) is 1.44. The van der Waals surface area contributed by atoms with Gasteiger partial charge in [-0.25, -0.2) is 0 Å². The number of non-ortho nitro benzene ring substituents is 1. The van der Waals surface area contributed by atoms with Gasteiger partial charge in [0.2, 0.25) is 6.20 Å². The molecule has 6 nitrogen and oxygen atoms in total. The van der Waals surface area contributed by atoms with E-state index in [9.17, 15) is 20.2 Å². The Labute approximate surface area is 127 Å². The van der Waals surface area contributed by atoms with Crippen LogP contribution in [0.15, 0.2) is 67.4 Å². The fourth-order valence-electron chi connectivity index (χ4n) is 1.44. The molecule has 0 aliphatic heterocycles. The van der Waals surface area contributed by atoms with Crippen molar-refractivity contribution < 1.29 is 9.85 Å². The molecule has 22 heavy (non-hydrogen) atoms. The van der Waals surface area contributed by atoms with E-state index in [2.05, 4.69) is 6.58 Å². The van der Waals surface area contributed by atoms with E-state index in [1.54, 1.807) is 30.3 Å². The Hall–Kier alpha value is -3.28. The largest absolute Gasteiger partial charge is 0.269 e. The van der Waals surface area contributed by atoms with Crippen molar-refractivity contribution in [3.05, 3.63) is 98.7 Å². The van der Waals surface area contributed by atoms with Crippen molar-refractivity contribution in [1.29, 1.82) is 0 Å². The molecular weight excluding hydrogens is 284 g/mol. The summed E-state index contributed by atoms with van der Waals surface area (Å²) in [5.41, 5.74) is 1.83. The van der Waals surface area contributed by atoms with Gasteiger partial charge in [-0.1, -0.05) is 43.0 Å². The predicted octanol–water partition coefficient (Wildman–Crippen LogP) is 4.17. The molecule has 0 aliphatic carbocycles. The van der Waals surface area contributed by atoms with E-state index in [1.165, 1.54) is 18.2 Å². The lowest BCUT2D eigenvalue weighted by Crippen LogP contribution is -1.86. The maximum atomic E-state index is 10.2. The molecule has 0 amide bonds. The van der Waals surface area contributed by atoms with Crippen molar-refractivity contribution in [2.75, 3.05) is 0 Å². The third-order valence-electron chi connectivity index (χ3n) is 2.53. The SMILES string of the molecule is C=Cc1ccc([N+](=O)[O-])cc1.O=[N+]([O-])C=Cc1ccccc1. The number of nitro groups is 2. The first-order chi connectivity index (χ1) is 10.5. The molecule has 6 heteroatoms. The Bertz CT molecular complexity index is 664. The van der Waals surface area contributed by atoms with Gasteiger partial charge in [0.15, 0.2) is 0 Å². The summed E-state index contributed by atoms with van der Waals surface area (Å²) in [5.74, 6) is 0. The lowest BCUT2D eigenvalue weighted by molar-refractivity contribution is -0.400. The summed E-state index contributed by atoms with van der Waals surface area (Å²) in [6, 6.07) is 15.4. The summed E-state index contributed by atoms with van der Waals surface area (Å²) in [5, 5.41) is 20.1. The van der Waals surface area contributed by atoms with Crippen molar-refractivity contribution in [3.63, 3.8) is 0 Å². The number of hydrogen-bond donors (Lipinski definition) is 0. The smallest absolute Gasteiger partial charge is 0.259 e. The van der Waals surface area contributed by atoms with E-state index in [-0.39, 0.29) is 5.69 Å². The van der Waals surface area contributed by atoms with E-state index in [0.717, 1.165) is 17.3 Å². The lowest BCUT2D eigenvalue weighted by atomic mass is 10.2. The monoisotopic (exact) mass is 298 g/mol. The molecule has 0 aromatic heterocycles. The van der Waals surface area contributed by atoms with Gasteiger partial charge in [0.1, 0.15) is 0 Å². The molecule has 0 spiro atoms. The summed E-state index contributed by atoms with van der Waals surface area (Å²) in [4.78, 5) is 19.2. The van der Waals surface area contributed by atoms with Gasteiger partial charge in [-0.3, -0.25) is 20.2 Å². The number of nitro benzene ring substituents is 1. The van der Waals surface area contributed by atoms with Crippen LogP contribution in [0.5, 0.6) is 0 Å². The Morgan fingerprint density at radius 1 is 0.864 bits per heavy atom. The minimum absolute atomic E-state index is 0.107. The van der Waals surface area contributed by atoms with Gasteiger partial charge >= 0.3 is 0 Å². The van der Waals surface area contributed by atoms with E-state index in [0.29, 0.717) is 0 Å². The van der Waals surface area contributed by atoms with Crippen molar-refractivity contribution in [3.8, 4) is 0 Å². The highest BCUT2D eigenvalue weighted by Crippen LogP contribution is 2.11. The van der Waals surface area contributed by atoms with Crippen LogP contribution in [0, 0.1) is 20.2 Å². The van der Waals surface area contributed by atoms with Gasteiger partial charge in [-0.2, -0.15) is 0 Å². The van der Waals surface area contributed by atoms with Crippen LogP contribution in [0.1, 0.15) is 11.1 Å². The van der Waals surface area contributed by atoms with Gasteiger partial charge in [0.25, 0.3) is 5.69 Å². The second kappa shape index (κ2) is 8.80. The molecule has 0 bridgehead atoms. The van der Waals surface area contributed by atoms with Crippen LogP contribution in [0.4, 0.5) is 5.69 Å². The first-order valence-electron chi connectivity index (χ1n) is 6.26. The summed E-state index contributed by atoms with van der Waals surface area (Å²) < 4.78 is 0. The highest BCUT2D eigenvalue weighted by atomic mass is 16.6. The summed E-state index contributed by atoms with van der Waals surface area (Å²) in [7, 11) is 0. The van der Waals surface area contributed by atoms with E-state index >= 15 is 0 Å².